The van der Waals surface area contributed by atoms with Crippen LogP contribution >= 0.6 is 0 Å². The van der Waals surface area contributed by atoms with Crippen molar-refractivity contribution >= 4 is 11.4 Å². The van der Waals surface area contributed by atoms with Gasteiger partial charge < -0.3 is 14.0 Å². The second kappa shape index (κ2) is 7.85. The molecule has 0 radical (unpaired) electrons. The third-order valence-corrected chi connectivity index (χ3v) is 4.34. The van der Waals surface area contributed by atoms with Crippen LogP contribution in [0.4, 0.5) is 11.4 Å². The van der Waals surface area contributed by atoms with Crippen molar-refractivity contribution in [3.8, 4) is 28.4 Å². The Labute approximate surface area is 165 Å². The standard InChI is InChI=1S/C20H18N6O3/c1-28-16-8-3-13(11-17(16)29-2)18-19(20(27)25-23-18)24-22-14-4-6-15(7-5-14)26-10-9-21-12-26/h3-12H,1-2H3,(H2,23,25,27). The van der Waals surface area contributed by atoms with E-state index in [1.807, 2.05) is 35.0 Å². The number of methoxy groups -OCH3 is 2. The number of benzene rings is 2. The van der Waals surface area contributed by atoms with Crippen molar-refractivity contribution < 1.29 is 9.47 Å². The summed E-state index contributed by atoms with van der Waals surface area (Å²) in [5.74, 6) is 1.14. The molecule has 0 atom stereocenters. The highest BCUT2D eigenvalue weighted by Gasteiger charge is 2.14. The van der Waals surface area contributed by atoms with Crippen molar-refractivity contribution in [3.63, 3.8) is 0 Å². The largest absolute Gasteiger partial charge is 0.493 e. The fourth-order valence-electron chi connectivity index (χ4n) is 2.86. The number of ether oxygens (including phenoxy) is 2. The summed E-state index contributed by atoms with van der Waals surface area (Å²) in [5.41, 5.74) is 2.60. The van der Waals surface area contributed by atoms with Crippen LogP contribution in [-0.2, 0) is 0 Å². The third-order valence-electron chi connectivity index (χ3n) is 4.34. The van der Waals surface area contributed by atoms with E-state index in [2.05, 4.69) is 25.4 Å². The van der Waals surface area contributed by atoms with Gasteiger partial charge in [0.15, 0.2) is 17.2 Å². The molecule has 9 nitrogen and oxygen atoms in total. The Morgan fingerprint density at radius 1 is 0.966 bits per heavy atom. The maximum atomic E-state index is 12.2. The van der Waals surface area contributed by atoms with E-state index in [4.69, 9.17) is 9.47 Å². The molecule has 0 aliphatic heterocycles. The number of H-pyrrole nitrogens is 2. The van der Waals surface area contributed by atoms with Crippen LogP contribution in [0.3, 0.4) is 0 Å². The second-order valence-corrected chi connectivity index (χ2v) is 6.06. The molecule has 2 aromatic carbocycles. The number of nitrogens with zero attached hydrogens (tertiary/aromatic N) is 4. The number of aromatic nitrogens is 4. The first-order valence-corrected chi connectivity index (χ1v) is 8.73. The monoisotopic (exact) mass is 390 g/mol. The number of hydrogen-bond acceptors (Lipinski definition) is 6. The molecule has 0 saturated carbocycles. The topological polar surface area (TPSA) is 110 Å². The van der Waals surface area contributed by atoms with E-state index >= 15 is 0 Å². The summed E-state index contributed by atoms with van der Waals surface area (Å²) in [6, 6.07) is 12.7. The lowest BCUT2D eigenvalue weighted by Crippen LogP contribution is -1.96. The highest BCUT2D eigenvalue weighted by molar-refractivity contribution is 5.73. The first-order valence-electron chi connectivity index (χ1n) is 8.73. The minimum atomic E-state index is -0.367. The van der Waals surface area contributed by atoms with Gasteiger partial charge in [-0.05, 0) is 42.5 Å². The van der Waals surface area contributed by atoms with E-state index < -0.39 is 0 Å². The Balaban J connectivity index is 1.63. The summed E-state index contributed by atoms with van der Waals surface area (Å²) in [7, 11) is 3.11. The van der Waals surface area contributed by atoms with Gasteiger partial charge in [-0.15, -0.1) is 5.11 Å². The first-order chi connectivity index (χ1) is 14.2. The zero-order valence-electron chi connectivity index (χ0n) is 15.8. The first kappa shape index (κ1) is 18.2. The van der Waals surface area contributed by atoms with Gasteiger partial charge >= 0.3 is 0 Å². The molecule has 4 aromatic rings. The van der Waals surface area contributed by atoms with Gasteiger partial charge in [-0.25, -0.2) is 4.98 Å². The van der Waals surface area contributed by atoms with Crippen LogP contribution in [0.2, 0.25) is 0 Å². The maximum absolute atomic E-state index is 12.2. The number of aromatic amines is 2. The molecule has 2 heterocycles. The summed E-state index contributed by atoms with van der Waals surface area (Å²) in [4.78, 5) is 16.2. The lowest BCUT2D eigenvalue weighted by molar-refractivity contribution is 0.355. The molecular formula is C20H18N6O3. The molecule has 0 amide bonds. The van der Waals surface area contributed by atoms with E-state index in [9.17, 15) is 4.79 Å². The zero-order chi connectivity index (χ0) is 20.2. The lowest BCUT2D eigenvalue weighted by atomic mass is 10.1. The van der Waals surface area contributed by atoms with Crippen LogP contribution in [0.15, 0.2) is 76.2 Å². The van der Waals surface area contributed by atoms with Gasteiger partial charge in [0.1, 0.15) is 0 Å². The normalized spacial score (nSPS) is 11.1. The Bertz CT molecular complexity index is 1190. The Kier molecular flexibility index (Phi) is 4.93. The van der Waals surface area contributed by atoms with Crippen LogP contribution in [0.5, 0.6) is 11.5 Å². The molecule has 0 spiro atoms. The van der Waals surface area contributed by atoms with Crippen molar-refractivity contribution in [2.45, 2.75) is 0 Å². The van der Waals surface area contributed by atoms with Crippen molar-refractivity contribution in [1.29, 1.82) is 0 Å². The number of rotatable bonds is 6. The van der Waals surface area contributed by atoms with Gasteiger partial charge in [-0.1, -0.05) is 0 Å². The fourth-order valence-corrected chi connectivity index (χ4v) is 2.86. The zero-order valence-corrected chi connectivity index (χ0v) is 15.8. The average Bonchev–Trinajstić information content (AvgIpc) is 3.42. The van der Waals surface area contributed by atoms with E-state index in [0.29, 0.717) is 28.4 Å². The molecule has 0 aliphatic carbocycles. The highest BCUT2D eigenvalue weighted by atomic mass is 16.5. The molecule has 0 bridgehead atoms. The van der Waals surface area contributed by atoms with Crippen molar-refractivity contribution in [1.82, 2.24) is 19.7 Å². The third kappa shape index (κ3) is 3.65. The minimum Gasteiger partial charge on any atom is -0.493 e. The molecule has 29 heavy (non-hydrogen) atoms. The average molecular weight is 390 g/mol. The maximum Gasteiger partial charge on any atom is 0.292 e. The van der Waals surface area contributed by atoms with Crippen LogP contribution in [0, 0.1) is 0 Å². The van der Waals surface area contributed by atoms with Gasteiger partial charge in [0.05, 0.1) is 31.9 Å². The Hall–Kier alpha value is -4.14. The molecule has 2 N–H and O–H groups in total. The number of nitrogens with one attached hydrogen (secondary N) is 2. The van der Waals surface area contributed by atoms with E-state index in [0.717, 1.165) is 5.69 Å². The van der Waals surface area contributed by atoms with Gasteiger partial charge in [0, 0.05) is 23.6 Å². The van der Waals surface area contributed by atoms with Gasteiger partial charge in [-0.2, -0.15) is 5.11 Å². The van der Waals surface area contributed by atoms with Crippen LogP contribution < -0.4 is 15.0 Å². The van der Waals surface area contributed by atoms with Crippen LogP contribution in [-0.4, -0.2) is 34.0 Å². The molecule has 0 aliphatic rings. The SMILES string of the molecule is COc1ccc(-c2[nH][nH]c(=O)c2N=Nc2ccc(-n3ccnc3)cc2)cc1OC. The molecule has 0 unspecified atom stereocenters. The van der Waals surface area contributed by atoms with E-state index in [1.165, 1.54) is 0 Å². The predicted octanol–water partition coefficient (Wildman–Crippen LogP) is 3.99. The quantitative estimate of drug-likeness (QED) is 0.485. The predicted molar refractivity (Wildman–Crippen MR) is 108 cm³/mol. The molecule has 2 aromatic heterocycles. The molecule has 146 valence electrons. The van der Waals surface area contributed by atoms with Crippen molar-refractivity contribution in [2.24, 2.45) is 10.2 Å². The molecule has 4 rings (SSSR count). The number of hydrogen-bond donors (Lipinski definition) is 2. The lowest BCUT2D eigenvalue weighted by Gasteiger charge is -2.08. The molecule has 0 saturated heterocycles. The summed E-state index contributed by atoms with van der Waals surface area (Å²) in [6.07, 6.45) is 5.28. The smallest absolute Gasteiger partial charge is 0.292 e. The second-order valence-electron chi connectivity index (χ2n) is 6.06. The number of imidazole rings is 1. The van der Waals surface area contributed by atoms with Gasteiger partial charge in [-0.3, -0.25) is 15.0 Å². The number of azo groups is 1. The van der Waals surface area contributed by atoms with Gasteiger partial charge in [0.2, 0.25) is 0 Å². The minimum absolute atomic E-state index is 0.177. The van der Waals surface area contributed by atoms with Crippen LogP contribution in [0.1, 0.15) is 0 Å². The van der Waals surface area contributed by atoms with Gasteiger partial charge in [0.25, 0.3) is 5.56 Å². The molecule has 0 fully saturated rings. The summed E-state index contributed by atoms with van der Waals surface area (Å²) >= 11 is 0. The fraction of sp³-hybridized carbons (Fsp3) is 0.100. The van der Waals surface area contributed by atoms with Crippen molar-refractivity contribution in [3.05, 3.63) is 71.5 Å². The summed E-state index contributed by atoms with van der Waals surface area (Å²) in [6.45, 7) is 0. The Morgan fingerprint density at radius 3 is 2.45 bits per heavy atom. The van der Waals surface area contributed by atoms with E-state index in [1.54, 1.807) is 44.9 Å². The summed E-state index contributed by atoms with van der Waals surface area (Å²) < 4.78 is 12.5. The highest BCUT2D eigenvalue weighted by Crippen LogP contribution is 2.34. The van der Waals surface area contributed by atoms with E-state index in [-0.39, 0.29) is 11.2 Å². The Morgan fingerprint density at radius 2 is 1.76 bits per heavy atom. The molecule has 9 heteroatoms. The summed E-state index contributed by atoms with van der Waals surface area (Å²) in [5, 5.41) is 13.8. The molecular weight excluding hydrogens is 372 g/mol. The van der Waals surface area contributed by atoms with Crippen molar-refractivity contribution in [2.75, 3.05) is 14.2 Å². The van der Waals surface area contributed by atoms with Crippen LogP contribution in [0.25, 0.3) is 16.9 Å².